The number of hydrogen-bond donors (Lipinski definition) is 1. The summed E-state index contributed by atoms with van der Waals surface area (Å²) in [6.07, 6.45) is 0.261. The van der Waals surface area contributed by atoms with E-state index in [-0.39, 0.29) is 35.5 Å². The van der Waals surface area contributed by atoms with Gasteiger partial charge in [0.2, 0.25) is 17.4 Å². The second-order valence-corrected chi connectivity index (χ2v) is 8.79. The van der Waals surface area contributed by atoms with Gasteiger partial charge in [-0.1, -0.05) is 74.3 Å². The van der Waals surface area contributed by atoms with Crippen LogP contribution in [0, 0.1) is 5.92 Å². The molecular formula is C26H22Cl2N2O3. The summed E-state index contributed by atoms with van der Waals surface area (Å²) >= 11 is 12.6. The quantitative estimate of drug-likeness (QED) is 0.287. The molecular weight excluding hydrogens is 459 g/mol. The van der Waals surface area contributed by atoms with Gasteiger partial charge in [0.25, 0.3) is 0 Å². The molecule has 0 spiro atoms. The van der Waals surface area contributed by atoms with Crippen molar-refractivity contribution in [2.75, 3.05) is 5.32 Å². The standard InChI is InChI=1S/C26H22Cl2N2O3/c1-4-21(31)29-23-19-13-18(15-9-11-16(27)12-10-15)22(17-7-5-6-8-20(17)28)30-26(19)33-25(23)24(32)14(2)3/h5-14H,4H2,1-3H3,(H,29,31). The van der Waals surface area contributed by atoms with Gasteiger partial charge in [-0.3, -0.25) is 9.59 Å². The molecule has 0 aliphatic rings. The molecule has 2 aromatic heterocycles. The van der Waals surface area contributed by atoms with Gasteiger partial charge in [-0.05, 0) is 29.8 Å². The highest BCUT2D eigenvalue weighted by Crippen LogP contribution is 2.41. The van der Waals surface area contributed by atoms with Crippen LogP contribution in [-0.2, 0) is 4.79 Å². The van der Waals surface area contributed by atoms with Crippen molar-refractivity contribution in [2.24, 2.45) is 5.92 Å². The van der Waals surface area contributed by atoms with Gasteiger partial charge in [0.05, 0.1) is 11.1 Å². The second kappa shape index (κ2) is 9.38. The van der Waals surface area contributed by atoms with Crippen LogP contribution < -0.4 is 5.32 Å². The number of carbonyl (C=O) groups is 2. The number of amides is 1. The molecule has 0 radical (unpaired) electrons. The fourth-order valence-corrected chi connectivity index (χ4v) is 3.87. The third-order valence-electron chi connectivity index (χ3n) is 5.30. The van der Waals surface area contributed by atoms with Gasteiger partial charge in [-0.15, -0.1) is 0 Å². The number of rotatable bonds is 6. The number of halogens is 2. The van der Waals surface area contributed by atoms with Crippen molar-refractivity contribution in [3.63, 3.8) is 0 Å². The maximum Gasteiger partial charge on any atom is 0.229 e. The molecule has 2 aromatic carbocycles. The summed E-state index contributed by atoms with van der Waals surface area (Å²) < 4.78 is 5.94. The molecule has 0 aliphatic carbocycles. The first-order valence-electron chi connectivity index (χ1n) is 10.6. The van der Waals surface area contributed by atoms with E-state index in [4.69, 9.17) is 32.6 Å². The number of ketones is 1. The molecule has 5 nitrogen and oxygen atoms in total. The number of aromatic nitrogens is 1. The van der Waals surface area contributed by atoms with Crippen LogP contribution in [0.1, 0.15) is 37.7 Å². The Morgan fingerprint density at radius 2 is 1.73 bits per heavy atom. The molecule has 0 unspecified atom stereocenters. The van der Waals surface area contributed by atoms with E-state index in [1.807, 2.05) is 36.4 Å². The van der Waals surface area contributed by atoms with Crippen LogP contribution in [0.3, 0.4) is 0 Å². The van der Waals surface area contributed by atoms with Crippen molar-refractivity contribution in [2.45, 2.75) is 27.2 Å². The summed E-state index contributed by atoms with van der Waals surface area (Å²) in [5.41, 5.74) is 3.53. The summed E-state index contributed by atoms with van der Waals surface area (Å²) in [5.74, 6) is -0.667. The van der Waals surface area contributed by atoms with Crippen molar-refractivity contribution in [1.29, 1.82) is 0 Å². The summed E-state index contributed by atoms with van der Waals surface area (Å²) in [6.45, 7) is 5.31. The average molecular weight is 481 g/mol. The Morgan fingerprint density at radius 3 is 2.36 bits per heavy atom. The lowest BCUT2D eigenvalue weighted by molar-refractivity contribution is -0.115. The molecule has 0 saturated heterocycles. The number of nitrogens with zero attached hydrogens (tertiary/aromatic N) is 1. The number of fused-ring (bicyclic) bond motifs is 1. The van der Waals surface area contributed by atoms with Crippen molar-refractivity contribution in [3.05, 3.63) is 70.4 Å². The maximum atomic E-state index is 12.9. The highest BCUT2D eigenvalue weighted by Gasteiger charge is 2.26. The van der Waals surface area contributed by atoms with Crippen LogP contribution in [0.25, 0.3) is 33.5 Å². The molecule has 1 amide bonds. The first kappa shape index (κ1) is 23.0. The topological polar surface area (TPSA) is 72.2 Å². The lowest BCUT2D eigenvalue weighted by atomic mass is 9.97. The largest absolute Gasteiger partial charge is 0.432 e. The normalized spacial score (nSPS) is 11.2. The minimum absolute atomic E-state index is 0.0904. The smallest absolute Gasteiger partial charge is 0.229 e. The van der Waals surface area contributed by atoms with E-state index >= 15 is 0 Å². The van der Waals surface area contributed by atoms with E-state index in [0.717, 1.165) is 16.7 Å². The molecule has 7 heteroatoms. The molecule has 0 atom stereocenters. The number of furan rings is 1. The molecule has 0 saturated carbocycles. The van der Waals surface area contributed by atoms with E-state index in [2.05, 4.69) is 5.32 Å². The molecule has 0 bridgehead atoms. The van der Waals surface area contributed by atoms with E-state index < -0.39 is 0 Å². The Bertz CT molecular complexity index is 1360. The van der Waals surface area contributed by atoms with Crippen LogP contribution in [0.5, 0.6) is 0 Å². The second-order valence-electron chi connectivity index (χ2n) is 7.95. The van der Waals surface area contributed by atoms with Crippen LogP contribution in [-0.4, -0.2) is 16.7 Å². The Kier molecular flexibility index (Phi) is 6.54. The minimum Gasteiger partial charge on any atom is -0.432 e. The maximum absolute atomic E-state index is 12.9. The first-order chi connectivity index (χ1) is 15.8. The highest BCUT2D eigenvalue weighted by molar-refractivity contribution is 6.33. The number of benzene rings is 2. The van der Waals surface area contributed by atoms with Gasteiger partial charge in [-0.25, -0.2) is 4.98 Å². The zero-order valence-corrected chi connectivity index (χ0v) is 19.9. The summed E-state index contributed by atoms with van der Waals surface area (Å²) in [4.78, 5) is 29.9. The van der Waals surface area contributed by atoms with Crippen LogP contribution in [0.2, 0.25) is 10.0 Å². The molecule has 4 rings (SSSR count). The third kappa shape index (κ3) is 4.52. The third-order valence-corrected chi connectivity index (χ3v) is 5.88. The monoisotopic (exact) mass is 480 g/mol. The van der Waals surface area contributed by atoms with Crippen LogP contribution in [0.15, 0.2) is 59.0 Å². The van der Waals surface area contributed by atoms with Crippen LogP contribution >= 0.6 is 23.2 Å². The fraction of sp³-hybridized carbons (Fsp3) is 0.192. The summed E-state index contributed by atoms with van der Waals surface area (Å²) in [6, 6.07) is 16.6. The highest BCUT2D eigenvalue weighted by atomic mass is 35.5. The molecule has 0 fully saturated rings. The summed E-state index contributed by atoms with van der Waals surface area (Å²) in [5, 5.41) is 4.52. The zero-order valence-electron chi connectivity index (χ0n) is 18.4. The summed E-state index contributed by atoms with van der Waals surface area (Å²) in [7, 11) is 0. The number of anilines is 1. The predicted molar refractivity (Wildman–Crippen MR) is 133 cm³/mol. The molecule has 1 N–H and O–H groups in total. The predicted octanol–water partition coefficient (Wildman–Crippen LogP) is 7.66. The van der Waals surface area contributed by atoms with Gasteiger partial charge in [0, 0.05) is 33.5 Å². The SMILES string of the molecule is CCC(=O)Nc1c(C(=O)C(C)C)oc2nc(-c3ccccc3Cl)c(-c3ccc(Cl)cc3)cc12. The Labute approximate surface area is 201 Å². The molecule has 168 valence electrons. The van der Waals surface area contributed by atoms with Gasteiger partial charge in [0.15, 0.2) is 5.76 Å². The molecule has 0 aliphatic heterocycles. The number of carbonyl (C=O) groups excluding carboxylic acids is 2. The van der Waals surface area contributed by atoms with Gasteiger partial charge >= 0.3 is 0 Å². The van der Waals surface area contributed by atoms with Crippen molar-refractivity contribution >= 4 is 51.7 Å². The first-order valence-corrected chi connectivity index (χ1v) is 11.4. The van der Waals surface area contributed by atoms with Crippen molar-refractivity contribution in [3.8, 4) is 22.4 Å². The number of nitrogens with one attached hydrogen (secondary N) is 1. The lowest BCUT2D eigenvalue weighted by Gasteiger charge is -2.12. The Balaban J connectivity index is 2.06. The fourth-order valence-electron chi connectivity index (χ4n) is 3.52. The van der Waals surface area contributed by atoms with E-state index in [0.29, 0.717) is 26.8 Å². The number of pyridine rings is 1. The van der Waals surface area contributed by atoms with Gasteiger partial charge in [-0.2, -0.15) is 0 Å². The molecule has 2 heterocycles. The Hall–Kier alpha value is -3.15. The minimum atomic E-state index is -0.318. The number of hydrogen-bond acceptors (Lipinski definition) is 4. The van der Waals surface area contributed by atoms with E-state index in [1.165, 1.54) is 0 Å². The van der Waals surface area contributed by atoms with Crippen LogP contribution in [0.4, 0.5) is 5.69 Å². The average Bonchev–Trinajstić information content (AvgIpc) is 3.15. The van der Waals surface area contributed by atoms with E-state index in [1.54, 1.807) is 39.0 Å². The van der Waals surface area contributed by atoms with Crippen molar-refractivity contribution < 1.29 is 14.0 Å². The van der Waals surface area contributed by atoms with Gasteiger partial charge in [0.1, 0.15) is 5.69 Å². The zero-order chi connectivity index (χ0) is 23.7. The molecule has 33 heavy (non-hydrogen) atoms. The number of Topliss-reactive ketones (excluding diaryl/α,β-unsaturated/α-hetero) is 1. The van der Waals surface area contributed by atoms with Gasteiger partial charge < -0.3 is 9.73 Å². The van der Waals surface area contributed by atoms with Crippen molar-refractivity contribution in [1.82, 2.24) is 4.98 Å². The Morgan fingerprint density at radius 1 is 1.03 bits per heavy atom. The lowest BCUT2D eigenvalue weighted by Crippen LogP contribution is -2.14. The van der Waals surface area contributed by atoms with E-state index in [9.17, 15) is 9.59 Å². The molecule has 4 aromatic rings.